The molecule has 52 heavy (non-hydrogen) atoms. The second kappa shape index (κ2) is 16.1. The lowest BCUT2D eigenvalue weighted by molar-refractivity contribution is -0.118. The summed E-state index contributed by atoms with van der Waals surface area (Å²) in [5, 5.41) is 12.5. The summed E-state index contributed by atoms with van der Waals surface area (Å²) >= 11 is 1.51. The van der Waals surface area contributed by atoms with Crippen molar-refractivity contribution in [3.05, 3.63) is 42.5 Å². The molecule has 4 heterocycles. The molecule has 0 aliphatic carbocycles. The number of anilines is 1. The molecule has 2 saturated heterocycles. The van der Waals surface area contributed by atoms with E-state index in [2.05, 4.69) is 81.7 Å². The van der Waals surface area contributed by atoms with E-state index in [1.807, 2.05) is 0 Å². The summed E-state index contributed by atoms with van der Waals surface area (Å²) in [6, 6.07) is 9.01. The number of benzene rings is 1. The number of aromatic nitrogens is 4. The van der Waals surface area contributed by atoms with Crippen LogP contribution < -0.4 is 10.1 Å². The van der Waals surface area contributed by atoms with Gasteiger partial charge in [-0.3, -0.25) is 14.2 Å². The monoisotopic (exact) mass is 768 g/mol. The maximum Gasteiger partial charge on any atom is 0.335 e. The third-order valence-corrected chi connectivity index (χ3v) is 21.9. The predicted molar refractivity (Wildman–Crippen MR) is 205 cm³/mol. The van der Waals surface area contributed by atoms with Crippen molar-refractivity contribution < 1.29 is 32.0 Å². The highest BCUT2D eigenvalue weighted by atomic mass is 32.2. The molecule has 0 radical (unpaired) electrons. The van der Waals surface area contributed by atoms with Gasteiger partial charge in [0.05, 0.1) is 37.0 Å². The molecule has 16 heteroatoms. The first-order valence-corrected chi connectivity index (χ1v) is 22.9. The molecule has 0 saturated carbocycles. The topological polar surface area (TPSA) is 160 Å². The summed E-state index contributed by atoms with van der Waals surface area (Å²) in [6.07, 6.45) is 1.35. The van der Waals surface area contributed by atoms with E-state index >= 15 is 0 Å². The first-order chi connectivity index (χ1) is 24.7. The van der Waals surface area contributed by atoms with Crippen LogP contribution in [0.5, 0.6) is 5.75 Å². The molecule has 2 aliphatic rings. The van der Waals surface area contributed by atoms with Gasteiger partial charge in [-0.15, -0.1) is 11.8 Å². The van der Waals surface area contributed by atoms with Crippen LogP contribution in [0.25, 0.3) is 11.2 Å². The Morgan fingerprint density at radius 2 is 1.69 bits per heavy atom. The largest absolute Gasteiger partial charge is 0.497 e. The number of hydrogen-bond donors (Lipinski definition) is 1. The van der Waals surface area contributed by atoms with E-state index in [0.29, 0.717) is 28.2 Å². The lowest BCUT2D eigenvalue weighted by Crippen LogP contribution is -2.67. The minimum absolute atomic E-state index is 0.0489. The fourth-order valence-electron chi connectivity index (χ4n) is 7.64. The van der Waals surface area contributed by atoms with Crippen LogP contribution in [0.1, 0.15) is 91.7 Å². The number of carbonyl (C=O) groups is 2. The second-order valence-corrected chi connectivity index (χ2v) is 25.2. The molecule has 282 valence electrons. The van der Waals surface area contributed by atoms with Crippen LogP contribution >= 0.6 is 11.8 Å². The molecular formula is C36H52N6O7SSi2. The van der Waals surface area contributed by atoms with Gasteiger partial charge in [0.15, 0.2) is 23.2 Å². The molecule has 1 aromatic carbocycles. The number of ether oxygens (including phenoxy) is 2. The molecule has 0 unspecified atom stereocenters. The number of nitriles is 1. The van der Waals surface area contributed by atoms with Gasteiger partial charge in [-0.1, -0.05) is 55.4 Å². The highest BCUT2D eigenvalue weighted by Crippen LogP contribution is 2.56. The number of thioether (sulfide) groups is 1. The van der Waals surface area contributed by atoms with Gasteiger partial charge in [0.2, 0.25) is 0 Å². The van der Waals surface area contributed by atoms with Crippen molar-refractivity contribution in [1.29, 1.82) is 5.26 Å². The smallest absolute Gasteiger partial charge is 0.335 e. The van der Waals surface area contributed by atoms with Crippen molar-refractivity contribution in [2.24, 2.45) is 0 Å². The predicted octanol–water partition coefficient (Wildman–Crippen LogP) is 7.31. The Morgan fingerprint density at radius 1 is 1.04 bits per heavy atom. The molecular weight excluding hydrogens is 717 g/mol. The minimum atomic E-state index is -3.13. The molecule has 2 aliphatic heterocycles. The third kappa shape index (κ3) is 7.33. The van der Waals surface area contributed by atoms with Crippen molar-refractivity contribution in [2.75, 3.05) is 24.8 Å². The molecule has 4 atom stereocenters. The Hall–Kier alpha value is -3.18. The summed E-state index contributed by atoms with van der Waals surface area (Å²) in [6.45, 7) is 19.1. The number of nitrogens with zero attached hydrogens (tertiary/aromatic N) is 5. The standard InChI is InChI=1S/C36H52N6O7SSi2/c1-22(2)51(23(3)4)46-19-29-31(48-52(49-51,24(5)6)25(7)8)36(18-26(9)43,50-17-11-16-37)35(47-29)42-21-40-30-32(38-20-39-33(30)42)41-34(44)27-12-14-28(45-10)15-13-27/h12-15,20-25,29,31,35H,11,17-19H2,1-10H3,(H,38,39,41,44)/t29-,31-,35-,36-/m1/s1. The number of carbonyl (C=O) groups excluding carboxylic acids is 2. The first-order valence-electron chi connectivity index (χ1n) is 18.0. The molecule has 1 amide bonds. The van der Waals surface area contributed by atoms with Crippen LogP contribution in [0, 0.1) is 11.3 Å². The van der Waals surface area contributed by atoms with E-state index in [9.17, 15) is 14.9 Å². The number of nitrogens with one attached hydrogen (secondary N) is 1. The van der Waals surface area contributed by atoms with Crippen molar-refractivity contribution in [2.45, 2.75) is 121 Å². The van der Waals surface area contributed by atoms with E-state index in [1.54, 1.807) is 49.2 Å². The Balaban J connectivity index is 1.65. The highest BCUT2D eigenvalue weighted by Gasteiger charge is 2.66. The summed E-state index contributed by atoms with van der Waals surface area (Å²) < 4.78 is 35.2. The lowest BCUT2D eigenvalue weighted by Gasteiger charge is -2.52. The number of methoxy groups -OCH3 is 1. The van der Waals surface area contributed by atoms with E-state index in [1.165, 1.54) is 18.1 Å². The van der Waals surface area contributed by atoms with Crippen LogP contribution in [0.4, 0.5) is 5.82 Å². The number of hydrogen-bond acceptors (Lipinski definition) is 12. The summed E-state index contributed by atoms with van der Waals surface area (Å²) in [5.74, 6) is 0.882. The SMILES string of the molecule is COc1ccc(C(=O)Nc2ncnc3c2ncn3[C@@H]2O[C@@H]3CO[Si](C(C)C)(C(C)C)O[Si](C(C)C)(C(C)C)O[C@H]3[C@@]2(CC(C)=O)SCCC#N)cc1. The Morgan fingerprint density at radius 3 is 2.27 bits per heavy atom. The van der Waals surface area contributed by atoms with Crippen LogP contribution in [0.3, 0.4) is 0 Å². The van der Waals surface area contributed by atoms with Gasteiger partial charge in [0.25, 0.3) is 5.91 Å². The zero-order valence-electron chi connectivity index (χ0n) is 31.8. The van der Waals surface area contributed by atoms with Gasteiger partial charge in [-0.05, 0) is 53.4 Å². The number of amides is 1. The number of imidazole rings is 1. The molecule has 13 nitrogen and oxygen atoms in total. The molecule has 2 fully saturated rings. The molecule has 2 aromatic heterocycles. The van der Waals surface area contributed by atoms with Crippen LogP contribution in [-0.4, -0.2) is 84.8 Å². The summed E-state index contributed by atoms with van der Waals surface area (Å²) in [5.41, 5.74) is 1.57. The van der Waals surface area contributed by atoms with Gasteiger partial charge in [-0.25, -0.2) is 15.0 Å². The Labute approximate surface area is 313 Å². The molecule has 5 rings (SSSR count). The summed E-state index contributed by atoms with van der Waals surface area (Å²) in [7, 11) is -4.45. The van der Waals surface area contributed by atoms with Gasteiger partial charge in [-0.2, -0.15) is 5.26 Å². The first kappa shape index (κ1) is 40.0. The van der Waals surface area contributed by atoms with Crippen LogP contribution in [0.2, 0.25) is 22.2 Å². The molecule has 0 spiro atoms. The van der Waals surface area contributed by atoms with Crippen molar-refractivity contribution in [3.8, 4) is 11.8 Å². The number of ketones is 1. The quantitative estimate of drug-likeness (QED) is 0.137. The van der Waals surface area contributed by atoms with Gasteiger partial charge < -0.3 is 27.8 Å². The van der Waals surface area contributed by atoms with E-state index in [4.69, 9.17) is 22.4 Å². The Kier molecular flexibility index (Phi) is 12.4. The number of rotatable bonds is 13. The van der Waals surface area contributed by atoms with Gasteiger partial charge in [0.1, 0.15) is 24.0 Å². The second-order valence-electron chi connectivity index (χ2n) is 14.9. The molecule has 3 aromatic rings. The van der Waals surface area contributed by atoms with Gasteiger partial charge in [0, 0.05) is 24.2 Å². The van der Waals surface area contributed by atoms with Gasteiger partial charge >= 0.3 is 17.1 Å². The van der Waals surface area contributed by atoms with Crippen molar-refractivity contribution in [3.63, 3.8) is 0 Å². The van der Waals surface area contributed by atoms with E-state index < -0.39 is 40.3 Å². The van der Waals surface area contributed by atoms with Crippen LogP contribution in [0.15, 0.2) is 36.9 Å². The fourth-order valence-corrected chi connectivity index (χ4v) is 20.5. The van der Waals surface area contributed by atoms with Crippen molar-refractivity contribution in [1.82, 2.24) is 19.5 Å². The minimum Gasteiger partial charge on any atom is -0.497 e. The normalized spacial score (nSPS) is 24.1. The number of fused-ring (bicyclic) bond motifs is 2. The Bertz CT molecular complexity index is 1770. The van der Waals surface area contributed by atoms with Crippen molar-refractivity contribution >= 4 is 57.6 Å². The lowest BCUT2D eigenvalue weighted by atomic mass is 9.93. The zero-order chi connectivity index (χ0) is 38.0. The number of Topliss-reactive ketones (excluding diaryl/α,β-unsaturated/α-hetero) is 1. The maximum atomic E-state index is 13.4. The maximum absolute atomic E-state index is 13.4. The fraction of sp³-hybridized carbons (Fsp3) is 0.611. The molecule has 1 N–H and O–H groups in total. The molecule has 0 bridgehead atoms. The van der Waals surface area contributed by atoms with E-state index in [0.717, 1.165) is 0 Å². The average Bonchev–Trinajstić information content (AvgIpc) is 3.63. The average molecular weight is 769 g/mol. The highest BCUT2D eigenvalue weighted by molar-refractivity contribution is 8.00. The van der Waals surface area contributed by atoms with Crippen LogP contribution in [-0.2, 0) is 22.5 Å². The zero-order valence-corrected chi connectivity index (χ0v) is 34.7. The van der Waals surface area contributed by atoms with E-state index in [-0.39, 0.29) is 59.1 Å². The third-order valence-electron chi connectivity index (χ3n) is 10.2. The summed E-state index contributed by atoms with van der Waals surface area (Å²) in [4.78, 5) is 40.3.